The predicted octanol–water partition coefficient (Wildman–Crippen LogP) is 1.04. The van der Waals surface area contributed by atoms with Crippen LogP contribution in [0.15, 0.2) is 0 Å². The SMILES string of the molecule is C#CCCC(O)C(C)COC. The third-order valence-electron chi connectivity index (χ3n) is 1.67. The monoisotopic (exact) mass is 156 g/mol. The van der Waals surface area contributed by atoms with E-state index in [1.165, 1.54) is 0 Å². The van der Waals surface area contributed by atoms with Crippen LogP contribution in [0.3, 0.4) is 0 Å². The Bertz CT molecular complexity index is 126. The molecule has 0 aliphatic carbocycles. The molecule has 0 saturated carbocycles. The lowest BCUT2D eigenvalue weighted by atomic mass is 10.0. The molecule has 0 aromatic rings. The molecule has 0 aromatic heterocycles. The van der Waals surface area contributed by atoms with Crippen molar-refractivity contribution in [2.24, 2.45) is 5.92 Å². The summed E-state index contributed by atoms with van der Waals surface area (Å²) in [6.45, 7) is 2.54. The first-order chi connectivity index (χ1) is 5.22. The highest BCUT2D eigenvalue weighted by Crippen LogP contribution is 2.08. The first kappa shape index (κ1) is 10.5. The average molecular weight is 156 g/mol. The Morgan fingerprint density at radius 1 is 1.64 bits per heavy atom. The van der Waals surface area contributed by atoms with Crippen molar-refractivity contribution in [3.05, 3.63) is 0 Å². The molecule has 2 nitrogen and oxygen atoms in total. The van der Waals surface area contributed by atoms with Crippen LogP contribution in [0, 0.1) is 18.3 Å². The lowest BCUT2D eigenvalue weighted by molar-refractivity contribution is 0.0529. The van der Waals surface area contributed by atoms with Crippen molar-refractivity contribution in [1.29, 1.82) is 0 Å². The molecule has 0 heterocycles. The molecule has 0 aliphatic rings. The highest BCUT2D eigenvalue weighted by atomic mass is 16.5. The van der Waals surface area contributed by atoms with Gasteiger partial charge in [-0.05, 0) is 6.42 Å². The summed E-state index contributed by atoms with van der Waals surface area (Å²) in [5.74, 6) is 2.67. The molecule has 0 rings (SSSR count). The Labute approximate surface area is 68.6 Å². The maximum absolute atomic E-state index is 9.40. The lowest BCUT2D eigenvalue weighted by Gasteiger charge is -2.16. The Morgan fingerprint density at radius 3 is 2.73 bits per heavy atom. The first-order valence-corrected chi connectivity index (χ1v) is 3.82. The fraction of sp³-hybridized carbons (Fsp3) is 0.778. The van der Waals surface area contributed by atoms with Gasteiger partial charge in [0.15, 0.2) is 0 Å². The van der Waals surface area contributed by atoms with Crippen LogP contribution in [0.4, 0.5) is 0 Å². The first-order valence-electron chi connectivity index (χ1n) is 3.82. The van der Waals surface area contributed by atoms with Gasteiger partial charge < -0.3 is 9.84 Å². The molecule has 0 saturated heterocycles. The third kappa shape index (κ3) is 4.83. The maximum atomic E-state index is 9.40. The summed E-state index contributed by atoms with van der Waals surface area (Å²) in [5, 5.41) is 9.40. The van der Waals surface area contributed by atoms with Crippen molar-refractivity contribution in [3.8, 4) is 12.3 Å². The number of aliphatic hydroxyl groups is 1. The van der Waals surface area contributed by atoms with Gasteiger partial charge in [0, 0.05) is 19.4 Å². The van der Waals surface area contributed by atoms with E-state index < -0.39 is 0 Å². The molecule has 2 atom stereocenters. The van der Waals surface area contributed by atoms with E-state index in [2.05, 4.69) is 5.92 Å². The highest BCUT2D eigenvalue weighted by Gasteiger charge is 2.12. The van der Waals surface area contributed by atoms with Gasteiger partial charge in [-0.1, -0.05) is 6.92 Å². The number of methoxy groups -OCH3 is 1. The van der Waals surface area contributed by atoms with E-state index >= 15 is 0 Å². The van der Waals surface area contributed by atoms with Crippen molar-refractivity contribution in [2.75, 3.05) is 13.7 Å². The van der Waals surface area contributed by atoms with Crippen LogP contribution in [-0.4, -0.2) is 24.9 Å². The van der Waals surface area contributed by atoms with E-state index in [0.29, 0.717) is 19.4 Å². The number of hydrogen-bond acceptors (Lipinski definition) is 2. The summed E-state index contributed by atoms with van der Waals surface area (Å²) in [6.07, 6.45) is 6.03. The predicted molar refractivity (Wildman–Crippen MR) is 45.1 cm³/mol. The molecule has 0 fully saturated rings. The molecule has 2 heteroatoms. The van der Waals surface area contributed by atoms with Crippen LogP contribution >= 0.6 is 0 Å². The average Bonchev–Trinajstić information content (AvgIpc) is 2.00. The fourth-order valence-electron chi connectivity index (χ4n) is 0.890. The second-order valence-electron chi connectivity index (χ2n) is 2.74. The lowest BCUT2D eigenvalue weighted by Crippen LogP contribution is -2.21. The van der Waals surface area contributed by atoms with Crippen LogP contribution in [0.25, 0.3) is 0 Å². The van der Waals surface area contributed by atoms with Gasteiger partial charge in [0.25, 0.3) is 0 Å². The molecule has 0 amide bonds. The van der Waals surface area contributed by atoms with Gasteiger partial charge in [-0.15, -0.1) is 12.3 Å². The van der Waals surface area contributed by atoms with Gasteiger partial charge in [0.2, 0.25) is 0 Å². The Hall–Kier alpha value is -0.520. The zero-order valence-corrected chi connectivity index (χ0v) is 7.21. The van der Waals surface area contributed by atoms with E-state index in [1.54, 1.807) is 7.11 Å². The van der Waals surface area contributed by atoms with E-state index in [0.717, 1.165) is 0 Å². The van der Waals surface area contributed by atoms with Crippen molar-refractivity contribution in [1.82, 2.24) is 0 Å². The van der Waals surface area contributed by atoms with Crippen molar-refractivity contribution in [2.45, 2.75) is 25.9 Å². The molecule has 2 unspecified atom stereocenters. The standard InChI is InChI=1S/C9H16O2/c1-4-5-6-9(10)8(2)7-11-3/h1,8-10H,5-7H2,2-3H3. The molecule has 0 aromatic carbocycles. The normalized spacial score (nSPS) is 15.5. The fourth-order valence-corrected chi connectivity index (χ4v) is 0.890. The van der Waals surface area contributed by atoms with Crippen LogP contribution in [0.2, 0.25) is 0 Å². The van der Waals surface area contributed by atoms with Gasteiger partial charge in [-0.25, -0.2) is 0 Å². The molecular weight excluding hydrogens is 140 g/mol. The van der Waals surface area contributed by atoms with Crippen molar-refractivity contribution in [3.63, 3.8) is 0 Å². The quantitative estimate of drug-likeness (QED) is 0.603. The second-order valence-corrected chi connectivity index (χ2v) is 2.74. The Kier molecular flexibility index (Phi) is 5.91. The van der Waals surface area contributed by atoms with Crippen LogP contribution < -0.4 is 0 Å². The molecule has 0 radical (unpaired) electrons. The molecule has 64 valence electrons. The summed E-state index contributed by atoms with van der Waals surface area (Å²) < 4.78 is 4.89. The summed E-state index contributed by atoms with van der Waals surface area (Å²) in [5.41, 5.74) is 0. The minimum Gasteiger partial charge on any atom is -0.393 e. The zero-order valence-electron chi connectivity index (χ0n) is 7.21. The van der Waals surface area contributed by atoms with Crippen LogP contribution in [0.5, 0.6) is 0 Å². The topological polar surface area (TPSA) is 29.5 Å². The van der Waals surface area contributed by atoms with Crippen molar-refractivity contribution < 1.29 is 9.84 Å². The number of rotatable bonds is 5. The number of hydrogen-bond donors (Lipinski definition) is 1. The second kappa shape index (κ2) is 6.21. The molecule has 0 spiro atoms. The molecule has 0 aliphatic heterocycles. The van der Waals surface area contributed by atoms with Gasteiger partial charge in [-0.2, -0.15) is 0 Å². The maximum Gasteiger partial charge on any atom is 0.0596 e. The minimum atomic E-state index is -0.328. The van der Waals surface area contributed by atoms with E-state index in [9.17, 15) is 5.11 Å². The highest BCUT2D eigenvalue weighted by molar-refractivity contribution is 4.84. The number of terminal acetylenes is 1. The summed E-state index contributed by atoms with van der Waals surface area (Å²) in [7, 11) is 1.63. The van der Waals surface area contributed by atoms with E-state index in [1.807, 2.05) is 6.92 Å². The summed E-state index contributed by atoms with van der Waals surface area (Å²) in [6, 6.07) is 0. The Balaban J connectivity index is 3.47. The summed E-state index contributed by atoms with van der Waals surface area (Å²) >= 11 is 0. The molecule has 1 N–H and O–H groups in total. The molecular formula is C9H16O2. The Morgan fingerprint density at radius 2 is 2.27 bits per heavy atom. The van der Waals surface area contributed by atoms with Crippen molar-refractivity contribution >= 4 is 0 Å². The van der Waals surface area contributed by atoms with Crippen LogP contribution in [-0.2, 0) is 4.74 Å². The van der Waals surface area contributed by atoms with Crippen LogP contribution in [0.1, 0.15) is 19.8 Å². The number of ether oxygens (including phenoxy) is 1. The van der Waals surface area contributed by atoms with E-state index in [4.69, 9.17) is 11.2 Å². The smallest absolute Gasteiger partial charge is 0.0596 e. The van der Waals surface area contributed by atoms with Gasteiger partial charge in [0.1, 0.15) is 0 Å². The molecule has 0 bridgehead atoms. The van der Waals surface area contributed by atoms with Gasteiger partial charge in [0.05, 0.1) is 12.7 Å². The van der Waals surface area contributed by atoms with Gasteiger partial charge in [-0.3, -0.25) is 0 Å². The van der Waals surface area contributed by atoms with Gasteiger partial charge >= 0.3 is 0 Å². The minimum absolute atomic E-state index is 0.174. The zero-order chi connectivity index (χ0) is 8.69. The number of aliphatic hydroxyl groups excluding tert-OH is 1. The largest absolute Gasteiger partial charge is 0.393 e. The molecule has 11 heavy (non-hydrogen) atoms. The summed E-state index contributed by atoms with van der Waals surface area (Å²) in [4.78, 5) is 0. The van der Waals surface area contributed by atoms with E-state index in [-0.39, 0.29) is 12.0 Å². The third-order valence-corrected chi connectivity index (χ3v) is 1.67.